The second-order valence-corrected chi connectivity index (χ2v) is 3.66. The van der Waals surface area contributed by atoms with Crippen LogP contribution in [0.25, 0.3) is 0 Å². The molecule has 19 heavy (non-hydrogen) atoms. The van der Waals surface area contributed by atoms with Crippen LogP contribution in [0.2, 0.25) is 0 Å². The fourth-order valence-electron chi connectivity index (χ4n) is 1.27. The van der Waals surface area contributed by atoms with Crippen molar-refractivity contribution >= 4 is 17.6 Å². The predicted octanol–water partition coefficient (Wildman–Crippen LogP) is 2.15. The molecular formula is C11H9F4NO3. The van der Waals surface area contributed by atoms with Gasteiger partial charge in [0, 0.05) is 12.1 Å². The minimum absolute atomic E-state index is 0.162. The Bertz CT molecular complexity index is 487. The van der Waals surface area contributed by atoms with Crippen LogP contribution in [0, 0.1) is 0 Å². The second kappa shape index (κ2) is 5.68. The lowest BCUT2D eigenvalue weighted by atomic mass is 10.1. The molecule has 1 atom stereocenters. The van der Waals surface area contributed by atoms with Crippen LogP contribution in [0.5, 0.6) is 0 Å². The molecule has 0 spiro atoms. The number of hydrogen-bond donors (Lipinski definition) is 2. The number of rotatable bonds is 4. The number of anilines is 1. The van der Waals surface area contributed by atoms with Gasteiger partial charge >= 0.3 is 18.1 Å². The van der Waals surface area contributed by atoms with Crippen molar-refractivity contribution in [2.75, 3.05) is 5.32 Å². The number of halogens is 4. The average Bonchev–Trinajstić information content (AvgIpc) is 2.27. The van der Waals surface area contributed by atoms with Crippen LogP contribution in [0.4, 0.5) is 23.2 Å². The molecule has 0 saturated carbocycles. The Labute approximate surface area is 105 Å². The molecule has 0 bridgehead atoms. The third kappa shape index (κ3) is 4.57. The van der Waals surface area contributed by atoms with Gasteiger partial charge < -0.3 is 10.4 Å². The zero-order valence-corrected chi connectivity index (χ0v) is 9.37. The van der Waals surface area contributed by atoms with E-state index in [0.717, 1.165) is 6.07 Å². The molecule has 0 aromatic heterocycles. The summed E-state index contributed by atoms with van der Waals surface area (Å²) in [4.78, 5) is 21.0. The number of alkyl halides is 4. The van der Waals surface area contributed by atoms with Crippen molar-refractivity contribution < 1.29 is 32.3 Å². The van der Waals surface area contributed by atoms with Gasteiger partial charge in [-0.05, 0) is 17.7 Å². The van der Waals surface area contributed by atoms with Crippen LogP contribution in [0.1, 0.15) is 5.56 Å². The molecular weight excluding hydrogens is 270 g/mol. The molecule has 0 radical (unpaired) electrons. The molecule has 104 valence electrons. The summed E-state index contributed by atoms with van der Waals surface area (Å²) in [6, 6.07) is 4.90. The van der Waals surface area contributed by atoms with E-state index in [0.29, 0.717) is 0 Å². The van der Waals surface area contributed by atoms with Gasteiger partial charge in [0.15, 0.2) is 0 Å². The Morgan fingerprint density at radius 1 is 1.32 bits per heavy atom. The maximum atomic E-state index is 12.9. The number of carboxylic acid groups (broad SMARTS) is 1. The van der Waals surface area contributed by atoms with E-state index in [1.807, 2.05) is 0 Å². The molecule has 4 nitrogen and oxygen atoms in total. The minimum Gasteiger partial charge on any atom is -0.479 e. The van der Waals surface area contributed by atoms with Gasteiger partial charge in [-0.25, -0.2) is 9.18 Å². The Morgan fingerprint density at radius 2 is 1.95 bits per heavy atom. The second-order valence-electron chi connectivity index (χ2n) is 3.66. The highest BCUT2D eigenvalue weighted by Crippen LogP contribution is 2.19. The molecule has 0 aliphatic rings. The molecule has 1 unspecified atom stereocenters. The van der Waals surface area contributed by atoms with Crippen LogP contribution >= 0.6 is 0 Å². The predicted molar refractivity (Wildman–Crippen MR) is 57.4 cm³/mol. The van der Waals surface area contributed by atoms with E-state index >= 15 is 0 Å². The number of amides is 1. The van der Waals surface area contributed by atoms with Crippen molar-refractivity contribution in [1.29, 1.82) is 0 Å². The van der Waals surface area contributed by atoms with Gasteiger partial charge in [-0.3, -0.25) is 4.79 Å². The zero-order valence-electron chi connectivity index (χ0n) is 9.37. The first-order valence-corrected chi connectivity index (χ1v) is 5.04. The fraction of sp³-hybridized carbons (Fsp3) is 0.273. The first kappa shape index (κ1) is 14.9. The van der Waals surface area contributed by atoms with Gasteiger partial charge in [0.05, 0.1) is 0 Å². The Hall–Kier alpha value is -2.12. The highest BCUT2D eigenvalue weighted by Gasteiger charge is 2.38. The van der Waals surface area contributed by atoms with Crippen molar-refractivity contribution in [1.82, 2.24) is 0 Å². The van der Waals surface area contributed by atoms with E-state index in [4.69, 9.17) is 5.11 Å². The monoisotopic (exact) mass is 279 g/mol. The van der Waals surface area contributed by atoms with Gasteiger partial charge in [-0.15, -0.1) is 0 Å². The largest absolute Gasteiger partial charge is 0.479 e. The lowest BCUT2D eigenvalue weighted by molar-refractivity contribution is -0.167. The first-order chi connectivity index (χ1) is 8.70. The summed E-state index contributed by atoms with van der Waals surface area (Å²) in [6.45, 7) is 0. The van der Waals surface area contributed by atoms with Crippen molar-refractivity contribution in [3.05, 3.63) is 29.8 Å². The summed E-state index contributed by atoms with van der Waals surface area (Å²) < 4.78 is 48.9. The van der Waals surface area contributed by atoms with E-state index in [-0.39, 0.29) is 11.3 Å². The number of nitrogens with one attached hydrogen (secondary N) is 1. The van der Waals surface area contributed by atoms with Crippen LogP contribution in [0.15, 0.2) is 24.3 Å². The Morgan fingerprint density at radius 3 is 2.47 bits per heavy atom. The van der Waals surface area contributed by atoms with Crippen molar-refractivity contribution in [2.24, 2.45) is 0 Å². The molecule has 0 fully saturated rings. The van der Waals surface area contributed by atoms with Gasteiger partial charge in [0.2, 0.25) is 6.17 Å². The molecule has 0 heterocycles. The van der Waals surface area contributed by atoms with E-state index < -0.39 is 30.6 Å². The number of hydrogen-bond acceptors (Lipinski definition) is 2. The van der Waals surface area contributed by atoms with E-state index in [9.17, 15) is 27.2 Å². The smallest absolute Gasteiger partial charge is 0.471 e. The lowest BCUT2D eigenvalue weighted by Gasteiger charge is -2.09. The zero-order chi connectivity index (χ0) is 14.6. The molecule has 8 heteroatoms. The molecule has 0 aliphatic heterocycles. The summed E-state index contributed by atoms with van der Waals surface area (Å²) in [6.07, 6.45) is -7.68. The summed E-state index contributed by atoms with van der Waals surface area (Å²) in [5.74, 6) is -3.82. The number of aliphatic carboxylic acids is 1. The first-order valence-electron chi connectivity index (χ1n) is 5.04. The quantitative estimate of drug-likeness (QED) is 0.830. The molecule has 2 N–H and O–H groups in total. The summed E-state index contributed by atoms with van der Waals surface area (Å²) in [5.41, 5.74) is -0.0210. The summed E-state index contributed by atoms with van der Waals surface area (Å²) in [7, 11) is 0. The standard InChI is InChI=1S/C11H9F4NO3/c12-8(9(17)18)5-6-2-1-3-7(4-6)16-10(19)11(13,14)15/h1-4,8H,5H2,(H,16,19)(H,17,18). The van der Waals surface area contributed by atoms with Gasteiger partial charge in [-0.2, -0.15) is 13.2 Å². The SMILES string of the molecule is O=C(O)C(F)Cc1cccc(NC(=O)C(F)(F)F)c1. The lowest BCUT2D eigenvalue weighted by Crippen LogP contribution is -2.29. The summed E-state index contributed by atoms with van der Waals surface area (Å²) >= 11 is 0. The topological polar surface area (TPSA) is 66.4 Å². The normalized spacial score (nSPS) is 12.8. The van der Waals surface area contributed by atoms with Crippen LogP contribution in [-0.4, -0.2) is 29.3 Å². The molecule has 1 rings (SSSR count). The van der Waals surface area contributed by atoms with Crippen LogP contribution < -0.4 is 5.32 Å². The maximum absolute atomic E-state index is 12.9. The highest BCUT2D eigenvalue weighted by molar-refractivity contribution is 5.94. The van der Waals surface area contributed by atoms with Crippen LogP contribution in [-0.2, 0) is 16.0 Å². The Kier molecular flexibility index (Phi) is 4.47. The molecule has 0 aliphatic carbocycles. The fourth-order valence-corrected chi connectivity index (χ4v) is 1.27. The average molecular weight is 279 g/mol. The van der Waals surface area contributed by atoms with E-state index in [1.54, 1.807) is 5.32 Å². The van der Waals surface area contributed by atoms with Crippen molar-refractivity contribution in [3.8, 4) is 0 Å². The highest BCUT2D eigenvalue weighted by atomic mass is 19.4. The summed E-state index contributed by atoms with van der Waals surface area (Å²) in [5, 5.41) is 9.96. The maximum Gasteiger partial charge on any atom is 0.471 e. The van der Waals surface area contributed by atoms with Crippen molar-refractivity contribution in [2.45, 2.75) is 18.8 Å². The third-order valence-corrected chi connectivity index (χ3v) is 2.13. The third-order valence-electron chi connectivity index (χ3n) is 2.13. The van der Waals surface area contributed by atoms with Crippen LogP contribution in [0.3, 0.4) is 0 Å². The molecule has 1 aromatic rings. The molecule has 0 saturated heterocycles. The molecule has 1 aromatic carbocycles. The van der Waals surface area contributed by atoms with E-state index in [1.165, 1.54) is 18.2 Å². The van der Waals surface area contributed by atoms with Gasteiger partial charge in [-0.1, -0.05) is 12.1 Å². The minimum atomic E-state index is -5.03. The van der Waals surface area contributed by atoms with Gasteiger partial charge in [0.1, 0.15) is 0 Å². The van der Waals surface area contributed by atoms with Gasteiger partial charge in [0.25, 0.3) is 0 Å². The number of carboxylic acids is 1. The Balaban J connectivity index is 2.78. The molecule has 1 amide bonds. The van der Waals surface area contributed by atoms with E-state index in [2.05, 4.69) is 0 Å². The number of benzene rings is 1. The number of carbonyl (C=O) groups excluding carboxylic acids is 1. The van der Waals surface area contributed by atoms with Crippen molar-refractivity contribution in [3.63, 3.8) is 0 Å². The number of carbonyl (C=O) groups is 2.